The average molecular weight is 722 g/mol. The van der Waals surface area contributed by atoms with E-state index in [-0.39, 0.29) is 42.5 Å². The lowest BCUT2D eigenvalue weighted by Crippen LogP contribution is -2.62. The Morgan fingerprint density at radius 1 is 1.15 bits per heavy atom. The minimum Gasteiger partial charge on any atom is -0.496 e. The van der Waals surface area contributed by atoms with Crippen LogP contribution in [0.15, 0.2) is 36.4 Å². The smallest absolute Gasteiger partial charge is 0.251 e. The van der Waals surface area contributed by atoms with Crippen LogP contribution in [0.3, 0.4) is 0 Å². The van der Waals surface area contributed by atoms with Crippen molar-refractivity contribution in [1.29, 1.82) is 0 Å². The van der Waals surface area contributed by atoms with E-state index in [9.17, 15) is 19.8 Å². The molecule has 1 aliphatic heterocycles. The summed E-state index contributed by atoms with van der Waals surface area (Å²) in [5.41, 5.74) is 3.94. The van der Waals surface area contributed by atoms with Crippen molar-refractivity contribution in [3.8, 4) is 16.9 Å². The van der Waals surface area contributed by atoms with Gasteiger partial charge in [0.25, 0.3) is 5.91 Å². The van der Waals surface area contributed by atoms with Gasteiger partial charge in [0.2, 0.25) is 5.91 Å². The molecule has 4 fully saturated rings. The van der Waals surface area contributed by atoms with E-state index < -0.39 is 24.2 Å². The highest BCUT2D eigenvalue weighted by Crippen LogP contribution is 2.61. The summed E-state index contributed by atoms with van der Waals surface area (Å²) < 4.78 is 6.06. The van der Waals surface area contributed by atoms with E-state index in [1.807, 2.05) is 57.5 Å². The van der Waals surface area contributed by atoms with E-state index in [0.717, 1.165) is 41.8 Å². The Morgan fingerprint density at radius 3 is 2.46 bits per heavy atom. The number of likely N-dealkylation sites (N-methyl/N-ethyl adjacent to an activating group) is 1. The van der Waals surface area contributed by atoms with E-state index >= 15 is 0 Å². The maximum absolute atomic E-state index is 14.2. The fourth-order valence-electron chi connectivity index (χ4n) is 9.19. The standard InChI is InChI=1S/C41H63N5O6/c1-11-23(2)34(21-45(8)9)44-39(49)28-15-27(16-30(17-28)42-7)31-14-12-13-26(38(31)51-10)20-46-37(36(25(4)48)35(22-47)52-46)40(50)43-33-19-29-18-32(24(33)3)41(29,5)6/h12-17,23-25,29,32-37,42,47-48H,11,18-22H2,1-10H3,(H,43,50)(H,44,49)/t23-,24-,25-,29+,32-,33-,34+,35-,36+,37-/m0/s1. The second kappa shape index (κ2) is 16.4. The second-order valence-corrected chi connectivity index (χ2v) is 16.5. The average Bonchev–Trinajstić information content (AvgIpc) is 3.49. The molecule has 3 aliphatic carbocycles. The number of aliphatic hydroxyl groups is 2. The SMILES string of the molecule is CC[C@H](C)[C@@H](CN(C)C)NC(=O)c1cc(NC)cc(-c2cccc(CN3O[C@@H](CO)[C@@H]([C@H](C)O)[C@H]3C(=O)N[C@H]3C[C@H]4C[C@@H]([C@@H]3C)C4(C)C)c2OC)c1. The Kier molecular flexibility index (Phi) is 12.6. The number of hydroxylamine groups is 2. The first-order chi connectivity index (χ1) is 24.6. The molecule has 11 nitrogen and oxygen atoms in total. The molecule has 5 N–H and O–H groups in total. The molecule has 2 aromatic carbocycles. The highest BCUT2D eigenvalue weighted by Gasteiger charge is 2.57. The summed E-state index contributed by atoms with van der Waals surface area (Å²) in [6.45, 7) is 13.4. The molecule has 0 aromatic heterocycles. The predicted octanol–water partition coefficient (Wildman–Crippen LogP) is 4.77. The molecule has 0 radical (unpaired) electrons. The summed E-state index contributed by atoms with van der Waals surface area (Å²) >= 11 is 0. The van der Waals surface area contributed by atoms with E-state index in [1.54, 1.807) is 19.1 Å². The lowest BCUT2D eigenvalue weighted by Gasteiger charge is -2.62. The van der Waals surface area contributed by atoms with Gasteiger partial charge >= 0.3 is 0 Å². The zero-order chi connectivity index (χ0) is 38.1. The van der Waals surface area contributed by atoms with Gasteiger partial charge in [0.05, 0.1) is 26.4 Å². The number of carbonyl (C=O) groups excluding carboxylic acids is 2. The van der Waals surface area contributed by atoms with Crippen LogP contribution in [0, 0.1) is 35.0 Å². The second-order valence-electron chi connectivity index (χ2n) is 16.5. The number of amides is 2. The van der Waals surface area contributed by atoms with Crippen LogP contribution >= 0.6 is 0 Å². The van der Waals surface area contributed by atoms with Crippen molar-refractivity contribution < 1.29 is 29.4 Å². The van der Waals surface area contributed by atoms with Gasteiger partial charge in [-0.1, -0.05) is 59.2 Å². The minimum atomic E-state index is -0.895. The van der Waals surface area contributed by atoms with Crippen molar-refractivity contribution in [2.75, 3.05) is 46.7 Å². The normalized spacial score (nSPS) is 28.4. The van der Waals surface area contributed by atoms with Crippen LogP contribution in [0.1, 0.15) is 76.7 Å². The minimum absolute atomic E-state index is 0.00951. The number of hydrogen-bond acceptors (Lipinski definition) is 9. The quantitative estimate of drug-likeness (QED) is 0.176. The molecule has 4 aliphatic rings. The van der Waals surface area contributed by atoms with Gasteiger partial charge in [0, 0.05) is 54.0 Å². The maximum Gasteiger partial charge on any atom is 0.251 e. The number of ether oxygens (including phenoxy) is 1. The van der Waals surface area contributed by atoms with Gasteiger partial charge < -0.3 is 35.8 Å². The van der Waals surface area contributed by atoms with Crippen LogP contribution in [0.4, 0.5) is 5.69 Å². The van der Waals surface area contributed by atoms with E-state index in [4.69, 9.17) is 9.57 Å². The van der Waals surface area contributed by atoms with E-state index in [0.29, 0.717) is 35.0 Å². The molecule has 2 bridgehead atoms. The van der Waals surface area contributed by atoms with Gasteiger partial charge in [-0.3, -0.25) is 14.4 Å². The number of para-hydroxylation sites is 1. The fraction of sp³-hybridized carbons (Fsp3) is 0.659. The molecule has 6 rings (SSSR count). The lowest BCUT2D eigenvalue weighted by atomic mass is 9.45. The number of nitrogens with zero attached hydrogens (tertiary/aromatic N) is 2. The van der Waals surface area contributed by atoms with Gasteiger partial charge in [0.15, 0.2) is 0 Å². The number of carbonyl (C=O) groups is 2. The van der Waals surface area contributed by atoms with Crippen LogP contribution in [0.5, 0.6) is 5.75 Å². The van der Waals surface area contributed by atoms with Gasteiger partial charge in [-0.15, -0.1) is 0 Å². The van der Waals surface area contributed by atoms with Crippen molar-refractivity contribution in [1.82, 2.24) is 20.6 Å². The van der Waals surface area contributed by atoms with Crippen molar-refractivity contribution >= 4 is 17.5 Å². The van der Waals surface area contributed by atoms with Gasteiger partial charge in [-0.2, -0.15) is 5.06 Å². The molecule has 52 heavy (non-hydrogen) atoms. The number of methoxy groups -OCH3 is 1. The highest BCUT2D eigenvalue weighted by molar-refractivity contribution is 5.97. The summed E-state index contributed by atoms with van der Waals surface area (Å²) in [5, 5.41) is 32.7. The lowest BCUT2D eigenvalue weighted by molar-refractivity contribution is -0.183. The van der Waals surface area contributed by atoms with Crippen molar-refractivity contribution in [2.24, 2.45) is 35.0 Å². The van der Waals surface area contributed by atoms with Gasteiger partial charge in [-0.25, -0.2) is 0 Å². The molecular weight excluding hydrogens is 658 g/mol. The number of fused-ring (bicyclic) bond motifs is 2. The molecule has 0 spiro atoms. The number of nitrogens with one attached hydrogen (secondary N) is 3. The number of aliphatic hydroxyl groups excluding tert-OH is 2. The van der Waals surface area contributed by atoms with Crippen LogP contribution < -0.4 is 20.7 Å². The molecule has 1 saturated heterocycles. The number of hydrogen-bond donors (Lipinski definition) is 5. The van der Waals surface area contributed by atoms with Crippen molar-refractivity contribution in [3.63, 3.8) is 0 Å². The molecule has 10 atom stereocenters. The molecule has 2 aromatic rings. The van der Waals surface area contributed by atoms with Crippen molar-refractivity contribution in [2.45, 2.75) is 97.7 Å². The molecule has 2 amide bonds. The van der Waals surface area contributed by atoms with Gasteiger partial charge in [0.1, 0.15) is 17.9 Å². The molecule has 0 unspecified atom stereocenters. The fourth-order valence-corrected chi connectivity index (χ4v) is 9.19. The summed E-state index contributed by atoms with van der Waals surface area (Å²) in [6.07, 6.45) is 1.44. The summed E-state index contributed by atoms with van der Waals surface area (Å²) in [6, 6.07) is 10.7. The summed E-state index contributed by atoms with van der Waals surface area (Å²) in [5.74, 6) is 1.38. The first-order valence-corrected chi connectivity index (χ1v) is 19.1. The molecule has 3 saturated carbocycles. The van der Waals surface area contributed by atoms with Crippen LogP contribution in [0.25, 0.3) is 11.1 Å². The number of benzene rings is 2. The number of anilines is 1. The number of rotatable bonds is 15. The first kappa shape index (κ1) is 40.0. The zero-order valence-electron chi connectivity index (χ0n) is 32.9. The third-order valence-corrected chi connectivity index (χ3v) is 12.7. The third kappa shape index (κ3) is 7.99. The van der Waals surface area contributed by atoms with Crippen LogP contribution in [-0.4, -0.2) is 104 Å². The Hall–Kier alpha value is -3.22. The zero-order valence-corrected chi connectivity index (χ0v) is 32.9. The Balaban J connectivity index is 1.44. The Labute approximate surface area is 310 Å². The Morgan fingerprint density at radius 2 is 1.88 bits per heavy atom. The molecule has 288 valence electrons. The third-order valence-electron chi connectivity index (χ3n) is 12.7. The van der Waals surface area contributed by atoms with Crippen LogP contribution in [0.2, 0.25) is 0 Å². The molecule has 1 heterocycles. The molecule has 11 heteroatoms. The first-order valence-electron chi connectivity index (χ1n) is 19.1. The van der Waals surface area contributed by atoms with E-state index in [2.05, 4.69) is 55.5 Å². The summed E-state index contributed by atoms with van der Waals surface area (Å²) in [7, 11) is 7.46. The van der Waals surface area contributed by atoms with Gasteiger partial charge in [-0.05, 0) is 86.7 Å². The van der Waals surface area contributed by atoms with E-state index in [1.165, 1.54) is 6.42 Å². The highest BCUT2D eigenvalue weighted by atomic mass is 16.7. The maximum atomic E-state index is 14.2. The topological polar surface area (TPSA) is 136 Å². The largest absolute Gasteiger partial charge is 0.496 e. The molecular formula is C41H63N5O6. The predicted molar refractivity (Wildman–Crippen MR) is 205 cm³/mol. The Bertz CT molecular complexity index is 1560. The monoisotopic (exact) mass is 721 g/mol. The van der Waals surface area contributed by atoms with Crippen molar-refractivity contribution in [3.05, 3.63) is 47.5 Å². The van der Waals surface area contributed by atoms with Crippen LogP contribution in [-0.2, 0) is 16.2 Å². The summed E-state index contributed by atoms with van der Waals surface area (Å²) in [4.78, 5) is 36.3.